The molecule has 3 rings (SSSR count). The van der Waals surface area contributed by atoms with Crippen molar-refractivity contribution in [3.8, 4) is 0 Å². The largest absolute Gasteiger partial charge is 0.461 e. The molecular formula is C16H13N3O5S. The van der Waals surface area contributed by atoms with Gasteiger partial charge in [-0.1, -0.05) is 0 Å². The number of thiazole rings is 1. The quantitative estimate of drug-likeness (QED) is 0.659. The van der Waals surface area contributed by atoms with Gasteiger partial charge in [-0.25, -0.2) is 9.78 Å². The highest BCUT2D eigenvalue weighted by molar-refractivity contribution is 7.14. The van der Waals surface area contributed by atoms with E-state index in [1.807, 2.05) is 0 Å². The van der Waals surface area contributed by atoms with Gasteiger partial charge >= 0.3 is 5.97 Å². The van der Waals surface area contributed by atoms with Crippen LogP contribution in [0.4, 0.5) is 5.13 Å². The maximum atomic E-state index is 12.3. The lowest BCUT2D eigenvalue weighted by atomic mass is 10.1. The standard InChI is InChI=1S/C16H13N3O5S/c1-3-24-15(23)11-7-25-16(17-11)18-12(20)8-4-5-9-10(6-8)14(22)19(2)13(9)21/h4-7H,3H2,1-2H3,(H,17,18,20). The van der Waals surface area contributed by atoms with Gasteiger partial charge in [0.05, 0.1) is 17.7 Å². The van der Waals surface area contributed by atoms with Gasteiger partial charge in [0, 0.05) is 18.0 Å². The molecule has 3 amide bonds. The number of imide groups is 1. The monoisotopic (exact) mass is 359 g/mol. The molecule has 1 aliphatic rings. The lowest BCUT2D eigenvalue weighted by Crippen LogP contribution is -2.24. The normalized spacial score (nSPS) is 13.0. The Labute approximate surface area is 146 Å². The van der Waals surface area contributed by atoms with Crippen LogP contribution < -0.4 is 5.32 Å². The molecule has 0 radical (unpaired) electrons. The first-order valence-electron chi connectivity index (χ1n) is 7.32. The molecular weight excluding hydrogens is 346 g/mol. The summed E-state index contributed by atoms with van der Waals surface area (Å²) in [7, 11) is 1.39. The molecule has 9 heteroatoms. The summed E-state index contributed by atoms with van der Waals surface area (Å²) in [5, 5.41) is 4.26. The van der Waals surface area contributed by atoms with Crippen LogP contribution in [0.25, 0.3) is 0 Å². The van der Waals surface area contributed by atoms with E-state index in [0.29, 0.717) is 0 Å². The lowest BCUT2D eigenvalue weighted by Gasteiger charge is -2.03. The highest BCUT2D eigenvalue weighted by Gasteiger charge is 2.33. The number of esters is 1. The second-order valence-electron chi connectivity index (χ2n) is 5.14. The number of fused-ring (bicyclic) bond motifs is 1. The van der Waals surface area contributed by atoms with Crippen LogP contribution in [0.15, 0.2) is 23.6 Å². The van der Waals surface area contributed by atoms with E-state index < -0.39 is 23.7 Å². The average Bonchev–Trinajstić information content (AvgIpc) is 3.15. The lowest BCUT2D eigenvalue weighted by molar-refractivity contribution is 0.0519. The summed E-state index contributed by atoms with van der Waals surface area (Å²) in [4.78, 5) is 52.7. The van der Waals surface area contributed by atoms with Gasteiger partial charge in [0.25, 0.3) is 17.7 Å². The summed E-state index contributed by atoms with van der Waals surface area (Å²) in [5.41, 5.74) is 0.774. The minimum atomic E-state index is -0.566. The van der Waals surface area contributed by atoms with E-state index in [2.05, 4.69) is 10.3 Å². The fourth-order valence-corrected chi connectivity index (χ4v) is 2.98. The molecule has 1 aliphatic heterocycles. The molecule has 0 unspecified atom stereocenters. The van der Waals surface area contributed by atoms with Gasteiger partial charge in [-0.3, -0.25) is 24.6 Å². The predicted molar refractivity (Wildman–Crippen MR) is 88.9 cm³/mol. The summed E-state index contributed by atoms with van der Waals surface area (Å²) in [6.07, 6.45) is 0. The van der Waals surface area contributed by atoms with Crippen molar-refractivity contribution in [2.75, 3.05) is 19.0 Å². The number of ether oxygens (including phenoxy) is 1. The zero-order chi connectivity index (χ0) is 18.1. The Hall–Kier alpha value is -3.07. The molecule has 0 atom stereocenters. The third kappa shape index (κ3) is 3.01. The van der Waals surface area contributed by atoms with Crippen LogP contribution in [-0.2, 0) is 4.74 Å². The molecule has 1 aromatic heterocycles. The first-order valence-corrected chi connectivity index (χ1v) is 8.20. The fraction of sp³-hybridized carbons (Fsp3) is 0.188. The highest BCUT2D eigenvalue weighted by Crippen LogP contribution is 2.23. The Morgan fingerprint density at radius 3 is 2.68 bits per heavy atom. The van der Waals surface area contributed by atoms with Crippen molar-refractivity contribution in [1.82, 2.24) is 9.88 Å². The third-order valence-corrected chi connectivity index (χ3v) is 4.32. The zero-order valence-electron chi connectivity index (χ0n) is 13.4. The molecule has 128 valence electrons. The van der Waals surface area contributed by atoms with Gasteiger partial charge in [-0.2, -0.15) is 0 Å². The van der Waals surface area contributed by atoms with Crippen molar-refractivity contribution in [2.45, 2.75) is 6.92 Å². The predicted octanol–water partition coefficient (Wildman–Crippen LogP) is 1.80. The van der Waals surface area contributed by atoms with Crippen molar-refractivity contribution in [1.29, 1.82) is 0 Å². The Balaban J connectivity index is 1.78. The van der Waals surface area contributed by atoms with Crippen molar-refractivity contribution in [3.63, 3.8) is 0 Å². The molecule has 8 nitrogen and oxygen atoms in total. The van der Waals surface area contributed by atoms with E-state index in [1.54, 1.807) is 6.92 Å². The fourth-order valence-electron chi connectivity index (χ4n) is 2.30. The number of aromatic nitrogens is 1. The molecule has 2 aromatic rings. The summed E-state index contributed by atoms with van der Waals surface area (Å²) in [5.74, 6) is -1.91. The number of anilines is 1. The molecule has 0 bridgehead atoms. The number of carbonyl (C=O) groups excluding carboxylic acids is 4. The van der Waals surface area contributed by atoms with E-state index in [4.69, 9.17) is 4.74 Å². The number of nitrogens with one attached hydrogen (secondary N) is 1. The van der Waals surface area contributed by atoms with E-state index in [1.165, 1.54) is 30.6 Å². The summed E-state index contributed by atoms with van der Waals surface area (Å²) in [6.45, 7) is 1.92. The van der Waals surface area contributed by atoms with Crippen molar-refractivity contribution < 1.29 is 23.9 Å². The topological polar surface area (TPSA) is 106 Å². The van der Waals surface area contributed by atoms with E-state index >= 15 is 0 Å². The molecule has 0 aliphatic carbocycles. The average molecular weight is 359 g/mol. The molecule has 1 aromatic carbocycles. The second kappa shape index (κ2) is 6.44. The summed E-state index contributed by atoms with van der Waals surface area (Å²) >= 11 is 1.08. The van der Waals surface area contributed by atoms with Crippen molar-refractivity contribution in [2.24, 2.45) is 0 Å². The Kier molecular flexibility index (Phi) is 4.32. The van der Waals surface area contributed by atoms with Crippen molar-refractivity contribution in [3.05, 3.63) is 46.0 Å². The molecule has 25 heavy (non-hydrogen) atoms. The maximum Gasteiger partial charge on any atom is 0.357 e. The van der Waals surface area contributed by atoms with Crippen LogP contribution in [-0.4, -0.2) is 47.2 Å². The van der Waals surface area contributed by atoms with Crippen LogP contribution in [0.1, 0.15) is 48.5 Å². The highest BCUT2D eigenvalue weighted by atomic mass is 32.1. The van der Waals surface area contributed by atoms with Crippen molar-refractivity contribution >= 4 is 40.2 Å². The molecule has 0 spiro atoms. The van der Waals surface area contributed by atoms with Crippen LogP contribution in [0.5, 0.6) is 0 Å². The third-order valence-electron chi connectivity index (χ3n) is 3.56. The Bertz CT molecular complexity index is 905. The minimum absolute atomic E-state index is 0.110. The Morgan fingerprint density at radius 1 is 1.24 bits per heavy atom. The van der Waals surface area contributed by atoms with Gasteiger partial charge in [0.2, 0.25) is 0 Å². The number of hydrogen-bond acceptors (Lipinski definition) is 7. The maximum absolute atomic E-state index is 12.3. The number of carbonyl (C=O) groups is 4. The molecule has 2 heterocycles. The zero-order valence-corrected chi connectivity index (χ0v) is 14.2. The molecule has 1 N–H and O–H groups in total. The summed E-state index contributed by atoms with van der Waals surface area (Å²) < 4.78 is 4.83. The first-order chi connectivity index (χ1) is 11.9. The van der Waals surface area contributed by atoms with Gasteiger partial charge in [-0.15, -0.1) is 11.3 Å². The van der Waals surface area contributed by atoms with Gasteiger partial charge in [0.1, 0.15) is 0 Å². The van der Waals surface area contributed by atoms with Crippen LogP contribution in [0.3, 0.4) is 0 Å². The van der Waals surface area contributed by atoms with Gasteiger partial charge in [0.15, 0.2) is 10.8 Å². The van der Waals surface area contributed by atoms with Crippen LogP contribution in [0, 0.1) is 0 Å². The van der Waals surface area contributed by atoms with E-state index in [0.717, 1.165) is 16.2 Å². The second-order valence-corrected chi connectivity index (χ2v) is 6.00. The van der Waals surface area contributed by atoms with Gasteiger partial charge in [-0.05, 0) is 25.1 Å². The van der Waals surface area contributed by atoms with E-state index in [-0.39, 0.29) is 34.1 Å². The number of amides is 3. The Morgan fingerprint density at radius 2 is 1.96 bits per heavy atom. The molecule has 0 saturated carbocycles. The minimum Gasteiger partial charge on any atom is -0.461 e. The molecule has 0 fully saturated rings. The number of benzene rings is 1. The SMILES string of the molecule is CCOC(=O)c1csc(NC(=O)c2ccc3c(c2)C(=O)N(C)C3=O)n1. The van der Waals surface area contributed by atoms with Crippen LogP contribution >= 0.6 is 11.3 Å². The molecule has 0 saturated heterocycles. The smallest absolute Gasteiger partial charge is 0.357 e. The first kappa shape index (κ1) is 16.8. The number of hydrogen-bond donors (Lipinski definition) is 1. The summed E-state index contributed by atoms with van der Waals surface area (Å²) in [6, 6.07) is 4.27. The van der Waals surface area contributed by atoms with Crippen LogP contribution in [0.2, 0.25) is 0 Å². The number of nitrogens with zero attached hydrogens (tertiary/aromatic N) is 2. The van der Waals surface area contributed by atoms with E-state index in [9.17, 15) is 19.2 Å². The van der Waals surface area contributed by atoms with Gasteiger partial charge < -0.3 is 4.74 Å². The number of rotatable bonds is 4.